The molecule has 0 aromatic carbocycles. The van der Waals surface area contributed by atoms with E-state index in [0.29, 0.717) is 18.8 Å². The monoisotopic (exact) mass is 290 g/mol. The lowest BCUT2D eigenvalue weighted by Gasteiger charge is -2.38. The number of rotatable bonds is 2. The number of amides is 1. The molecule has 5 nitrogen and oxygen atoms in total. The third-order valence-corrected chi connectivity index (χ3v) is 4.23. The number of piperidine rings is 1. The molecule has 21 heavy (non-hydrogen) atoms. The molecule has 0 spiro atoms. The lowest BCUT2D eigenvalue weighted by atomic mass is 10.00. The van der Waals surface area contributed by atoms with E-state index in [0.717, 1.165) is 37.2 Å². The van der Waals surface area contributed by atoms with E-state index in [1.165, 1.54) is 0 Å². The molecule has 1 unspecified atom stereocenters. The highest BCUT2D eigenvalue weighted by molar-refractivity contribution is 5.95. The Bertz CT molecular complexity index is 526. The minimum Gasteiger partial charge on any atom is -0.348 e. The number of carbonyl (C=O) groups is 1. The van der Waals surface area contributed by atoms with Crippen LogP contribution in [0.3, 0.4) is 0 Å². The van der Waals surface area contributed by atoms with Crippen LogP contribution < -0.4 is 0 Å². The van der Waals surface area contributed by atoms with Gasteiger partial charge in [0.15, 0.2) is 6.29 Å². The number of hydrogen-bond acceptors (Lipinski definition) is 4. The van der Waals surface area contributed by atoms with Crippen LogP contribution in [0.15, 0.2) is 12.1 Å². The van der Waals surface area contributed by atoms with Gasteiger partial charge in [-0.25, -0.2) is 0 Å². The van der Waals surface area contributed by atoms with E-state index in [2.05, 4.69) is 4.98 Å². The quantitative estimate of drug-likeness (QED) is 0.836. The maximum Gasteiger partial charge on any atom is 0.256 e. The average molecular weight is 290 g/mol. The van der Waals surface area contributed by atoms with Gasteiger partial charge < -0.3 is 14.4 Å². The molecule has 1 atom stereocenters. The Hall–Kier alpha value is -1.46. The fourth-order valence-corrected chi connectivity index (χ4v) is 3.16. The van der Waals surface area contributed by atoms with Gasteiger partial charge in [-0.05, 0) is 45.2 Å². The first-order valence-corrected chi connectivity index (χ1v) is 7.65. The maximum absolute atomic E-state index is 12.9. The zero-order valence-corrected chi connectivity index (χ0v) is 12.7. The van der Waals surface area contributed by atoms with Crippen molar-refractivity contribution in [2.75, 3.05) is 19.8 Å². The highest BCUT2D eigenvalue weighted by Gasteiger charge is 2.36. The van der Waals surface area contributed by atoms with Crippen molar-refractivity contribution in [2.24, 2.45) is 0 Å². The Balaban J connectivity index is 1.83. The summed E-state index contributed by atoms with van der Waals surface area (Å²) in [5, 5.41) is 0. The number of likely N-dealkylation sites (tertiary alicyclic amines) is 1. The highest BCUT2D eigenvalue weighted by atomic mass is 16.7. The molecule has 3 heterocycles. The lowest BCUT2D eigenvalue weighted by Crippen LogP contribution is -2.50. The second kappa shape index (κ2) is 6.12. The normalized spacial score (nSPS) is 23.5. The summed E-state index contributed by atoms with van der Waals surface area (Å²) in [6.45, 7) is 5.83. The molecule has 2 saturated heterocycles. The van der Waals surface area contributed by atoms with Crippen molar-refractivity contribution in [3.63, 3.8) is 0 Å². The smallest absolute Gasteiger partial charge is 0.256 e. The summed E-state index contributed by atoms with van der Waals surface area (Å²) in [6.07, 6.45) is 2.82. The fraction of sp³-hybridized carbons (Fsp3) is 0.625. The predicted octanol–water partition coefficient (Wildman–Crippen LogP) is 2.07. The molecule has 0 bridgehead atoms. The van der Waals surface area contributed by atoms with Gasteiger partial charge in [-0.15, -0.1) is 0 Å². The SMILES string of the molecule is Cc1ccc(C(=O)N2CCCCC2C2OCCO2)c(C)n1. The van der Waals surface area contributed by atoms with Crippen LogP contribution in [-0.2, 0) is 9.47 Å². The average Bonchev–Trinajstić information content (AvgIpc) is 3.01. The molecule has 3 rings (SSSR count). The van der Waals surface area contributed by atoms with Crippen molar-refractivity contribution in [1.82, 2.24) is 9.88 Å². The van der Waals surface area contributed by atoms with Crippen molar-refractivity contribution >= 4 is 5.91 Å². The van der Waals surface area contributed by atoms with Gasteiger partial charge in [0, 0.05) is 12.2 Å². The van der Waals surface area contributed by atoms with Gasteiger partial charge in [0.1, 0.15) is 0 Å². The van der Waals surface area contributed by atoms with Crippen molar-refractivity contribution in [3.05, 3.63) is 29.1 Å². The third kappa shape index (κ3) is 2.94. The molecule has 0 aliphatic carbocycles. The topological polar surface area (TPSA) is 51.7 Å². The summed E-state index contributed by atoms with van der Waals surface area (Å²) in [6, 6.07) is 3.79. The number of aryl methyl sites for hydroxylation is 2. The first kappa shape index (κ1) is 14.5. The van der Waals surface area contributed by atoms with Gasteiger partial charge in [0.2, 0.25) is 0 Å². The molecule has 0 radical (unpaired) electrons. The van der Waals surface area contributed by atoms with Gasteiger partial charge >= 0.3 is 0 Å². The molecular formula is C16H22N2O3. The molecule has 114 valence electrons. The molecule has 2 aliphatic heterocycles. The predicted molar refractivity (Wildman–Crippen MR) is 78.1 cm³/mol. The summed E-state index contributed by atoms with van der Waals surface area (Å²) in [5.74, 6) is 0.0452. The number of nitrogens with zero attached hydrogens (tertiary/aromatic N) is 2. The third-order valence-electron chi connectivity index (χ3n) is 4.23. The van der Waals surface area contributed by atoms with Gasteiger partial charge in [-0.3, -0.25) is 9.78 Å². The van der Waals surface area contributed by atoms with E-state index in [1.54, 1.807) is 0 Å². The molecule has 2 aliphatic rings. The Morgan fingerprint density at radius 1 is 1.24 bits per heavy atom. The second-order valence-corrected chi connectivity index (χ2v) is 5.76. The van der Waals surface area contributed by atoms with Crippen molar-refractivity contribution < 1.29 is 14.3 Å². The van der Waals surface area contributed by atoms with E-state index >= 15 is 0 Å². The van der Waals surface area contributed by atoms with Crippen molar-refractivity contribution in [2.45, 2.75) is 45.4 Å². The number of pyridine rings is 1. The van der Waals surface area contributed by atoms with E-state index in [4.69, 9.17) is 9.47 Å². The van der Waals surface area contributed by atoms with Crippen LogP contribution in [0.2, 0.25) is 0 Å². The molecule has 5 heteroatoms. The number of ether oxygens (including phenoxy) is 2. The van der Waals surface area contributed by atoms with Crippen LogP contribution in [0.5, 0.6) is 0 Å². The second-order valence-electron chi connectivity index (χ2n) is 5.76. The van der Waals surface area contributed by atoms with E-state index in [1.807, 2.05) is 30.9 Å². The zero-order valence-electron chi connectivity index (χ0n) is 12.7. The summed E-state index contributed by atoms with van der Waals surface area (Å²) in [4.78, 5) is 19.2. The molecule has 0 saturated carbocycles. The Kier molecular flexibility index (Phi) is 4.22. The lowest BCUT2D eigenvalue weighted by molar-refractivity contribution is -0.100. The van der Waals surface area contributed by atoms with E-state index < -0.39 is 0 Å². The largest absolute Gasteiger partial charge is 0.348 e. The molecule has 1 amide bonds. The molecule has 1 aromatic rings. The number of aromatic nitrogens is 1. The van der Waals surface area contributed by atoms with Crippen LogP contribution in [0.1, 0.15) is 41.0 Å². The Labute approximate surface area is 125 Å². The maximum atomic E-state index is 12.9. The molecule has 0 N–H and O–H groups in total. The first-order chi connectivity index (χ1) is 10.2. The summed E-state index contributed by atoms with van der Waals surface area (Å²) < 4.78 is 11.3. The fourth-order valence-electron chi connectivity index (χ4n) is 3.16. The standard InChI is InChI=1S/C16H22N2O3/c1-11-6-7-13(12(2)17-11)15(19)18-8-4-3-5-14(18)16-20-9-10-21-16/h6-7,14,16H,3-5,8-10H2,1-2H3. The Morgan fingerprint density at radius 3 is 2.71 bits per heavy atom. The minimum absolute atomic E-state index is 0.0226. The van der Waals surface area contributed by atoms with Crippen LogP contribution in [-0.4, -0.2) is 47.9 Å². The Morgan fingerprint density at radius 2 is 2.00 bits per heavy atom. The van der Waals surface area contributed by atoms with Gasteiger partial charge in [0.25, 0.3) is 5.91 Å². The van der Waals surface area contributed by atoms with Gasteiger partial charge in [-0.2, -0.15) is 0 Å². The van der Waals surface area contributed by atoms with Gasteiger partial charge in [-0.1, -0.05) is 0 Å². The van der Waals surface area contributed by atoms with E-state index in [9.17, 15) is 4.79 Å². The van der Waals surface area contributed by atoms with Gasteiger partial charge in [0.05, 0.1) is 30.5 Å². The molecule has 2 fully saturated rings. The number of hydrogen-bond donors (Lipinski definition) is 0. The molecular weight excluding hydrogens is 268 g/mol. The summed E-state index contributed by atoms with van der Waals surface area (Å²) in [7, 11) is 0. The van der Waals surface area contributed by atoms with Crippen LogP contribution in [0, 0.1) is 13.8 Å². The first-order valence-electron chi connectivity index (χ1n) is 7.65. The minimum atomic E-state index is -0.270. The number of carbonyl (C=O) groups excluding carboxylic acids is 1. The van der Waals surface area contributed by atoms with Crippen LogP contribution >= 0.6 is 0 Å². The summed E-state index contributed by atoms with van der Waals surface area (Å²) >= 11 is 0. The van der Waals surface area contributed by atoms with E-state index in [-0.39, 0.29) is 18.2 Å². The van der Waals surface area contributed by atoms with Crippen LogP contribution in [0.25, 0.3) is 0 Å². The highest BCUT2D eigenvalue weighted by Crippen LogP contribution is 2.26. The van der Waals surface area contributed by atoms with Crippen LogP contribution in [0.4, 0.5) is 0 Å². The van der Waals surface area contributed by atoms with Crippen molar-refractivity contribution in [1.29, 1.82) is 0 Å². The zero-order chi connectivity index (χ0) is 14.8. The summed E-state index contributed by atoms with van der Waals surface area (Å²) in [5.41, 5.74) is 2.41. The van der Waals surface area contributed by atoms with Crippen molar-refractivity contribution in [3.8, 4) is 0 Å². The molecule has 1 aromatic heterocycles.